The van der Waals surface area contributed by atoms with E-state index >= 15 is 0 Å². The van der Waals surface area contributed by atoms with Gasteiger partial charge >= 0.3 is 0 Å². The Balaban J connectivity index is 2.34. The van der Waals surface area contributed by atoms with Crippen LogP contribution >= 0.6 is 0 Å². The fourth-order valence-corrected chi connectivity index (χ4v) is 1.23. The van der Waals surface area contributed by atoms with Crippen molar-refractivity contribution in [3.8, 4) is 0 Å². The highest BCUT2D eigenvalue weighted by Gasteiger charge is 2.46. The molecule has 1 saturated carbocycles. The third kappa shape index (κ3) is 1.88. The van der Waals surface area contributed by atoms with Crippen LogP contribution in [-0.2, 0) is 0 Å². The molecule has 12 heavy (non-hydrogen) atoms. The summed E-state index contributed by atoms with van der Waals surface area (Å²) < 4.78 is 0. The van der Waals surface area contributed by atoms with Crippen LogP contribution in [0.25, 0.3) is 0 Å². The molecule has 0 radical (unpaired) electrons. The molecule has 4 N–H and O–H groups in total. The van der Waals surface area contributed by atoms with E-state index in [-0.39, 0.29) is 11.9 Å². The van der Waals surface area contributed by atoms with Crippen molar-refractivity contribution >= 4 is 5.84 Å². The Bertz CT molecular complexity index is 200. The monoisotopic (exact) mass is 171 g/mol. The van der Waals surface area contributed by atoms with Crippen LogP contribution in [0.4, 0.5) is 0 Å². The topological polar surface area (TPSA) is 70.6 Å². The first-order valence-corrected chi connectivity index (χ1v) is 4.21. The Labute approximate surface area is 72.8 Å². The Morgan fingerprint density at radius 3 is 2.58 bits per heavy atom. The number of nitrogens with two attached hydrogens (primary N) is 1. The molecule has 70 valence electrons. The number of hydrogen-bond donors (Lipinski definition) is 3. The lowest BCUT2D eigenvalue weighted by atomic mass is 10.2. The summed E-state index contributed by atoms with van der Waals surface area (Å²) in [6.07, 6.45) is 1.16. The van der Waals surface area contributed by atoms with Crippen molar-refractivity contribution in [1.29, 1.82) is 0 Å². The predicted molar refractivity (Wildman–Crippen MR) is 48.2 cm³/mol. The molecule has 0 aromatic heterocycles. The van der Waals surface area contributed by atoms with Gasteiger partial charge in [-0.2, -0.15) is 0 Å². The minimum atomic E-state index is -0.0400. The van der Waals surface area contributed by atoms with E-state index in [0.717, 1.165) is 6.42 Å². The molecule has 4 nitrogen and oxygen atoms in total. The molecule has 0 bridgehead atoms. The number of rotatable bonds is 3. The van der Waals surface area contributed by atoms with Crippen LogP contribution in [0.3, 0.4) is 0 Å². The summed E-state index contributed by atoms with van der Waals surface area (Å²) in [6.45, 7) is 6.29. The van der Waals surface area contributed by atoms with Crippen molar-refractivity contribution < 1.29 is 5.21 Å². The average Bonchev–Trinajstić information content (AvgIpc) is 2.57. The Hall–Kier alpha value is -0.770. The first-order valence-electron chi connectivity index (χ1n) is 4.21. The first kappa shape index (κ1) is 9.32. The van der Waals surface area contributed by atoms with E-state index in [4.69, 9.17) is 10.9 Å². The quantitative estimate of drug-likeness (QED) is 0.251. The van der Waals surface area contributed by atoms with Crippen LogP contribution in [0, 0.1) is 5.41 Å². The molecule has 4 heteroatoms. The molecule has 2 atom stereocenters. The molecule has 1 aliphatic carbocycles. The molecule has 0 aliphatic heterocycles. The number of nitrogens with zero attached hydrogens (tertiary/aromatic N) is 1. The van der Waals surface area contributed by atoms with Crippen molar-refractivity contribution in [1.82, 2.24) is 5.32 Å². The molecule has 0 aromatic rings. The minimum Gasteiger partial charge on any atom is -0.409 e. The van der Waals surface area contributed by atoms with E-state index in [2.05, 4.69) is 24.3 Å². The van der Waals surface area contributed by atoms with Gasteiger partial charge in [-0.15, -0.1) is 0 Å². The van der Waals surface area contributed by atoms with Gasteiger partial charge in [0.25, 0.3) is 0 Å². The summed E-state index contributed by atoms with van der Waals surface area (Å²) >= 11 is 0. The maximum Gasteiger partial charge on any atom is 0.156 e. The van der Waals surface area contributed by atoms with E-state index in [1.54, 1.807) is 0 Å². The van der Waals surface area contributed by atoms with Gasteiger partial charge in [-0.05, 0) is 18.8 Å². The standard InChI is InChI=1S/C8H17N3O/c1-5(7(9)11-12)10-6-4-8(6,2)3/h5-6,10,12H,4H2,1-3H3,(H2,9,11). The molecular formula is C8H17N3O. The van der Waals surface area contributed by atoms with E-state index in [1.165, 1.54) is 0 Å². The SMILES string of the molecule is CC(NC1CC1(C)C)C(N)=NO. The molecule has 0 amide bonds. The third-order valence-corrected chi connectivity index (χ3v) is 2.52. The normalized spacial score (nSPS) is 29.9. The molecule has 0 saturated heterocycles. The number of nitrogens with one attached hydrogen (secondary N) is 1. The van der Waals surface area contributed by atoms with Gasteiger partial charge in [0.05, 0.1) is 6.04 Å². The van der Waals surface area contributed by atoms with Crippen LogP contribution in [0.5, 0.6) is 0 Å². The second-order valence-corrected chi connectivity index (χ2v) is 4.16. The molecule has 2 unspecified atom stereocenters. The van der Waals surface area contributed by atoms with Gasteiger partial charge in [0.1, 0.15) is 0 Å². The van der Waals surface area contributed by atoms with Crippen molar-refractivity contribution in [2.24, 2.45) is 16.3 Å². The third-order valence-electron chi connectivity index (χ3n) is 2.52. The lowest BCUT2D eigenvalue weighted by molar-refractivity contribution is 0.314. The smallest absolute Gasteiger partial charge is 0.156 e. The molecular weight excluding hydrogens is 154 g/mol. The van der Waals surface area contributed by atoms with Crippen molar-refractivity contribution in [3.63, 3.8) is 0 Å². The number of hydrogen-bond acceptors (Lipinski definition) is 3. The zero-order chi connectivity index (χ0) is 9.35. The van der Waals surface area contributed by atoms with Crippen molar-refractivity contribution in [2.45, 2.75) is 39.3 Å². The van der Waals surface area contributed by atoms with Gasteiger partial charge in [-0.3, -0.25) is 0 Å². The summed E-state index contributed by atoms with van der Waals surface area (Å²) in [7, 11) is 0. The lowest BCUT2D eigenvalue weighted by Gasteiger charge is -2.12. The van der Waals surface area contributed by atoms with E-state index < -0.39 is 0 Å². The second-order valence-electron chi connectivity index (χ2n) is 4.16. The van der Waals surface area contributed by atoms with E-state index in [0.29, 0.717) is 11.5 Å². The van der Waals surface area contributed by atoms with E-state index in [9.17, 15) is 0 Å². The fourth-order valence-electron chi connectivity index (χ4n) is 1.23. The van der Waals surface area contributed by atoms with Gasteiger partial charge in [0.2, 0.25) is 0 Å². The highest BCUT2D eigenvalue weighted by Crippen LogP contribution is 2.44. The highest BCUT2D eigenvalue weighted by molar-refractivity contribution is 5.84. The van der Waals surface area contributed by atoms with Gasteiger partial charge in [-0.1, -0.05) is 19.0 Å². The van der Waals surface area contributed by atoms with Crippen LogP contribution in [0.2, 0.25) is 0 Å². The lowest BCUT2D eigenvalue weighted by Crippen LogP contribution is -2.41. The predicted octanol–water partition coefficient (Wildman–Crippen LogP) is 0.509. The summed E-state index contributed by atoms with van der Waals surface area (Å²) in [6, 6.07) is 0.467. The molecule has 1 rings (SSSR count). The summed E-state index contributed by atoms with van der Waals surface area (Å²) in [5, 5.41) is 14.6. The number of oxime groups is 1. The van der Waals surface area contributed by atoms with Crippen LogP contribution < -0.4 is 11.1 Å². The van der Waals surface area contributed by atoms with Gasteiger partial charge in [0.15, 0.2) is 5.84 Å². The van der Waals surface area contributed by atoms with Gasteiger partial charge < -0.3 is 16.3 Å². The molecule has 1 aliphatic rings. The Morgan fingerprint density at radius 2 is 2.25 bits per heavy atom. The zero-order valence-electron chi connectivity index (χ0n) is 7.83. The van der Waals surface area contributed by atoms with Crippen molar-refractivity contribution in [2.75, 3.05) is 0 Å². The van der Waals surface area contributed by atoms with E-state index in [1.807, 2.05) is 6.92 Å². The van der Waals surface area contributed by atoms with Crippen LogP contribution in [0.1, 0.15) is 27.2 Å². The summed E-state index contributed by atoms with van der Waals surface area (Å²) in [4.78, 5) is 0. The summed E-state index contributed by atoms with van der Waals surface area (Å²) in [5.41, 5.74) is 5.80. The minimum absolute atomic E-state index is 0.0400. The highest BCUT2D eigenvalue weighted by atomic mass is 16.4. The van der Waals surface area contributed by atoms with Crippen LogP contribution in [0.15, 0.2) is 5.16 Å². The molecule has 0 aromatic carbocycles. The molecule has 0 heterocycles. The maximum atomic E-state index is 8.39. The fraction of sp³-hybridized carbons (Fsp3) is 0.875. The van der Waals surface area contributed by atoms with Crippen LogP contribution in [-0.4, -0.2) is 23.1 Å². The largest absolute Gasteiger partial charge is 0.409 e. The second kappa shape index (κ2) is 2.94. The molecule has 1 fully saturated rings. The Morgan fingerprint density at radius 1 is 1.75 bits per heavy atom. The molecule has 0 spiro atoms. The van der Waals surface area contributed by atoms with Crippen molar-refractivity contribution in [3.05, 3.63) is 0 Å². The Kier molecular flexibility index (Phi) is 2.28. The maximum absolute atomic E-state index is 8.39. The van der Waals surface area contributed by atoms with Gasteiger partial charge in [-0.25, -0.2) is 0 Å². The first-order chi connectivity index (χ1) is 5.47. The van der Waals surface area contributed by atoms with Gasteiger partial charge in [0, 0.05) is 6.04 Å². The zero-order valence-corrected chi connectivity index (χ0v) is 7.83. The number of amidine groups is 1. The summed E-state index contributed by atoms with van der Waals surface area (Å²) in [5.74, 6) is 0.248. The average molecular weight is 171 g/mol.